The number of nitrogens with zero attached hydrogens (tertiary/aromatic N) is 1. The molecule has 18 heavy (non-hydrogen) atoms. The van der Waals surface area contributed by atoms with Gasteiger partial charge in [-0.05, 0) is 44.3 Å². The quantitative estimate of drug-likeness (QED) is 0.594. The maximum absolute atomic E-state index is 10.4. The molecular weight excluding hydrogens is 230 g/mol. The van der Waals surface area contributed by atoms with Gasteiger partial charge in [-0.3, -0.25) is 0 Å². The van der Waals surface area contributed by atoms with E-state index < -0.39 is 5.97 Å². The van der Waals surface area contributed by atoms with Gasteiger partial charge in [0.2, 0.25) is 0 Å². The predicted octanol–water partition coefficient (Wildman–Crippen LogP) is 2.11. The Morgan fingerprint density at radius 3 is 2.56 bits per heavy atom. The summed E-state index contributed by atoms with van der Waals surface area (Å²) in [7, 11) is 4.06. The molecule has 1 aromatic rings. The zero-order valence-corrected chi connectivity index (χ0v) is 10.8. The number of hydrogen-bond acceptors (Lipinski definition) is 3. The van der Waals surface area contributed by atoms with Crippen molar-refractivity contribution in [3.63, 3.8) is 0 Å². The number of carbonyl (C=O) groups is 1. The van der Waals surface area contributed by atoms with Gasteiger partial charge < -0.3 is 14.7 Å². The van der Waals surface area contributed by atoms with Gasteiger partial charge in [0.15, 0.2) is 0 Å². The molecule has 1 N–H and O–H groups in total. The lowest BCUT2D eigenvalue weighted by atomic mass is 10.2. The van der Waals surface area contributed by atoms with Crippen LogP contribution in [0.4, 0.5) is 0 Å². The maximum Gasteiger partial charge on any atom is 0.328 e. The Morgan fingerprint density at radius 2 is 2.00 bits per heavy atom. The van der Waals surface area contributed by atoms with Crippen LogP contribution >= 0.6 is 0 Å². The van der Waals surface area contributed by atoms with Gasteiger partial charge in [-0.25, -0.2) is 4.79 Å². The second-order valence-corrected chi connectivity index (χ2v) is 4.25. The van der Waals surface area contributed by atoms with Crippen LogP contribution in [0.1, 0.15) is 12.0 Å². The highest BCUT2D eigenvalue weighted by Gasteiger charge is 1.95. The molecule has 4 nitrogen and oxygen atoms in total. The molecule has 0 aliphatic rings. The topological polar surface area (TPSA) is 49.8 Å². The van der Waals surface area contributed by atoms with E-state index in [0.29, 0.717) is 6.61 Å². The summed E-state index contributed by atoms with van der Waals surface area (Å²) in [6.45, 7) is 1.68. The molecule has 0 aromatic heterocycles. The first-order valence-electron chi connectivity index (χ1n) is 5.86. The van der Waals surface area contributed by atoms with Crippen LogP contribution in [0, 0.1) is 0 Å². The summed E-state index contributed by atoms with van der Waals surface area (Å²) in [6.07, 6.45) is 3.65. The molecule has 0 spiro atoms. The van der Waals surface area contributed by atoms with Gasteiger partial charge in [0.25, 0.3) is 0 Å². The fourth-order valence-electron chi connectivity index (χ4n) is 1.41. The van der Waals surface area contributed by atoms with E-state index in [0.717, 1.165) is 30.4 Å². The van der Waals surface area contributed by atoms with E-state index in [1.165, 1.54) is 0 Å². The normalized spacial score (nSPS) is 11.1. The van der Waals surface area contributed by atoms with E-state index in [9.17, 15) is 4.79 Å². The van der Waals surface area contributed by atoms with Crippen molar-refractivity contribution in [1.82, 2.24) is 4.90 Å². The summed E-state index contributed by atoms with van der Waals surface area (Å²) < 4.78 is 5.57. The Balaban J connectivity index is 2.38. The largest absolute Gasteiger partial charge is 0.494 e. The molecule has 0 fully saturated rings. The fraction of sp³-hybridized carbons (Fsp3) is 0.357. The first kappa shape index (κ1) is 14.3. The van der Waals surface area contributed by atoms with Gasteiger partial charge in [0.05, 0.1) is 6.61 Å². The van der Waals surface area contributed by atoms with Crippen molar-refractivity contribution >= 4 is 12.0 Å². The average molecular weight is 249 g/mol. The Morgan fingerprint density at radius 1 is 1.33 bits per heavy atom. The van der Waals surface area contributed by atoms with Crippen molar-refractivity contribution in [2.75, 3.05) is 27.2 Å². The molecule has 0 heterocycles. The van der Waals surface area contributed by atoms with Gasteiger partial charge in [0.1, 0.15) is 5.75 Å². The van der Waals surface area contributed by atoms with E-state index in [4.69, 9.17) is 9.84 Å². The molecule has 0 aliphatic carbocycles. The highest BCUT2D eigenvalue weighted by atomic mass is 16.5. The lowest BCUT2D eigenvalue weighted by Gasteiger charge is -2.10. The monoisotopic (exact) mass is 249 g/mol. The number of carboxylic acid groups (broad SMARTS) is 1. The molecule has 0 amide bonds. The highest BCUT2D eigenvalue weighted by molar-refractivity contribution is 5.85. The summed E-state index contributed by atoms with van der Waals surface area (Å²) in [5.74, 6) is -0.139. The predicted molar refractivity (Wildman–Crippen MR) is 71.8 cm³/mol. The van der Waals surface area contributed by atoms with Crippen molar-refractivity contribution in [2.24, 2.45) is 0 Å². The lowest BCUT2D eigenvalue weighted by molar-refractivity contribution is -0.131. The second kappa shape index (κ2) is 7.50. The van der Waals surface area contributed by atoms with Crippen molar-refractivity contribution in [1.29, 1.82) is 0 Å². The number of hydrogen-bond donors (Lipinski definition) is 1. The van der Waals surface area contributed by atoms with Crippen LogP contribution in [0.25, 0.3) is 6.08 Å². The standard InChI is InChI=1S/C14H19NO3/c1-15(2)10-3-11-18-13-7-4-12(5-8-13)6-9-14(16)17/h4-9H,3,10-11H2,1-2H3,(H,16,17). The van der Waals surface area contributed by atoms with Crippen LogP contribution in [0.5, 0.6) is 5.75 Å². The van der Waals surface area contributed by atoms with Gasteiger partial charge in [-0.1, -0.05) is 12.1 Å². The van der Waals surface area contributed by atoms with Crippen molar-refractivity contribution in [2.45, 2.75) is 6.42 Å². The molecule has 98 valence electrons. The fourth-order valence-corrected chi connectivity index (χ4v) is 1.41. The number of carboxylic acids is 1. The maximum atomic E-state index is 10.4. The van der Waals surface area contributed by atoms with Crippen LogP contribution in [-0.2, 0) is 4.79 Å². The first-order valence-corrected chi connectivity index (χ1v) is 5.86. The van der Waals surface area contributed by atoms with Crippen LogP contribution in [-0.4, -0.2) is 43.2 Å². The minimum atomic E-state index is -0.945. The van der Waals surface area contributed by atoms with Crippen LogP contribution in [0.2, 0.25) is 0 Å². The minimum Gasteiger partial charge on any atom is -0.494 e. The number of ether oxygens (including phenoxy) is 1. The molecule has 0 atom stereocenters. The van der Waals surface area contributed by atoms with Gasteiger partial charge in [-0.15, -0.1) is 0 Å². The summed E-state index contributed by atoms with van der Waals surface area (Å²) in [5.41, 5.74) is 0.845. The molecule has 1 aromatic carbocycles. The van der Waals surface area contributed by atoms with Gasteiger partial charge >= 0.3 is 5.97 Å². The number of benzene rings is 1. The van der Waals surface area contributed by atoms with E-state index >= 15 is 0 Å². The molecule has 0 bridgehead atoms. The molecule has 4 heteroatoms. The third kappa shape index (κ3) is 6.06. The molecule has 0 saturated carbocycles. The zero-order chi connectivity index (χ0) is 13.4. The van der Waals surface area contributed by atoms with E-state index in [2.05, 4.69) is 4.90 Å². The first-order chi connectivity index (χ1) is 8.58. The van der Waals surface area contributed by atoms with E-state index in [-0.39, 0.29) is 0 Å². The molecule has 1 rings (SSSR count). The van der Waals surface area contributed by atoms with Crippen LogP contribution in [0.15, 0.2) is 30.3 Å². The number of aliphatic carboxylic acids is 1. The van der Waals surface area contributed by atoms with E-state index in [1.807, 2.05) is 38.4 Å². The Labute approximate surface area is 107 Å². The lowest BCUT2D eigenvalue weighted by Crippen LogP contribution is -2.15. The van der Waals surface area contributed by atoms with Gasteiger partial charge in [-0.2, -0.15) is 0 Å². The molecule has 0 saturated heterocycles. The molecule has 0 aliphatic heterocycles. The van der Waals surface area contributed by atoms with Crippen molar-refractivity contribution < 1.29 is 14.6 Å². The summed E-state index contributed by atoms with van der Waals surface area (Å²) >= 11 is 0. The third-order valence-electron chi connectivity index (χ3n) is 2.32. The van der Waals surface area contributed by atoms with Crippen LogP contribution in [0.3, 0.4) is 0 Å². The van der Waals surface area contributed by atoms with Gasteiger partial charge in [0, 0.05) is 12.6 Å². The summed E-state index contributed by atoms with van der Waals surface area (Å²) in [4.78, 5) is 12.5. The smallest absolute Gasteiger partial charge is 0.328 e. The van der Waals surface area contributed by atoms with Crippen molar-refractivity contribution in [3.8, 4) is 5.75 Å². The molecule has 0 radical (unpaired) electrons. The SMILES string of the molecule is CN(C)CCCOc1ccc(C=CC(=O)O)cc1. The Kier molecular flexibility index (Phi) is 5.94. The van der Waals surface area contributed by atoms with E-state index in [1.54, 1.807) is 6.08 Å². The van der Waals surface area contributed by atoms with Crippen LogP contribution < -0.4 is 4.74 Å². The Hall–Kier alpha value is -1.81. The molecule has 0 unspecified atom stereocenters. The zero-order valence-electron chi connectivity index (χ0n) is 10.8. The summed E-state index contributed by atoms with van der Waals surface area (Å²) in [6, 6.07) is 7.36. The summed E-state index contributed by atoms with van der Waals surface area (Å²) in [5, 5.41) is 8.50. The second-order valence-electron chi connectivity index (χ2n) is 4.25. The molecular formula is C14H19NO3. The number of rotatable bonds is 7. The third-order valence-corrected chi connectivity index (χ3v) is 2.32. The van der Waals surface area contributed by atoms with Crippen molar-refractivity contribution in [3.05, 3.63) is 35.9 Å². The average Bonchev–Trinajstić information content (AvgIpc) is 2.33. The minimum absolute atomic E-state index is 0.683. The highest BCUT2D eigenvalue weighted by Crippen LogP contribution is 2.13. The Bertz CT molecular complexity index is 396.